The van der Waals surface area contributed by atoms with E-state index in [1.54, 1.807) is 45.0 Å². The third-order valence-corrected chi connectivity index (χ3v) is 2.89. The number of carbonyl (C=O) groups excluding carboxylic acids is 2. The lowest BCUT2D eigenvalue weighted by Crippen LogP contribution is -2.22. The fraction of sp³-hybridized carbons (Fsp3) is 0.333. The van der Waals surface area contributed by atoms with Crippen LogP contribution in [0.25, 0.3) is 0 Å². The average Bonchev–Trinajstić information content (AvgIpc) is 2.38. The summed E-state index contributed by atoms with van der Waals surface area (Å²) in [5.41, 5.74) is 0.00888. The minimum Gasteiger partial charge on any atom is -0.464 e. The average molecular weight is 296 g/mol. The molecule has 0 spiro atoms. The molecule has 0 unspecified atom stereocenters. The molecule has 0 heterocycles. The Morgan fingerprint density at radius 3 is 2.35 bits per heavy atom. The number of halogens is 1. The number of ether oxygens (including phenoxy) is 1. The van der Waals surface area contributed by atoms with Crippen molar-refractivity contribution in [1.82, 2.24) is 0 Å². The van der Waals surface area contributed by atoms with E-state index in [-0.39, 0.29) is 11.5 Å². The first-order valence-corrected chi connectivity index (χ1v) is 6.49. The predicted molar refractivity (Wildman–Crippen MR) is 79.6 cm³/mol. The Morgan fingerprint density at radius 1 is 1.25 bits per heavy atom. The van der Waals surface area contributed by atoms with Gasteiger partial charge in [0.1, 0.15) is 5.70 Å². The highest BCUT2D eigenvalue weighted by molar-refractivity contribution is 6.33. The molecule has 0 radical (unpaired) electrons. The van der Waals surface area contributed by atoms with Crippen LogP contribution in [-0.2, 0) is 14.3 Å². The van der Waals surface area contributed by atoms with Crippen LogP contribution >= 0.6 is 11.6 Å². The Morgan fingerprint density at radius 2 is 1.85 bits per heavy atom. The zero-order chi connectivity index (χ0) is 15.3. The fourth-order valence-electron chi connectivity index (χ4n) is 1.31. The molecule has 5 heteroatoms. The lowest BCUT2D eigenvalue weighted by molar-refractivity contribution is -0.136. The van der Waals surface area contributed by atoms with E-state index in [2.05, 4.69) is 10.1 Å². The lowest BCUT2D eigenvalue weighted by atomic mass is 9.90. The van der Waals surface area contributed by atoms with Gasteiger partial charge in [0, 0.05) is 11.5 Å². The standard InChI is InChI=1S/C15H18ClNO3/c1-15(2,3)13(18)9-12(14(19)20-4)17-11-8-6-5-7-10(11)16/h5-9,17H,1-4H3. The Hall–Kier alpha value is -1.81. The monoisotopic (exact) mass is 295 g/mol. The molecule has 0 fully saturated rings. The zero-order valence-electron chi connectivity index (χ0n) is 12.0. The van der Waals surface area contributed by atoms with Gasteiger partial charge in [-0.2, -0.15) is 0 Å². The summed E-state index contributed by atoms with van der Waals surface area (Å²) < 4.78 is 4.67. The van der Waals surface area contributed by atoms with E-state index in [1.807, 2.05) is 0 Å². The van der Waals surface area contributed by atoms with E-state index in [1.165, 1.54) is 13.2 Å². The summed E-state index contributed by atoms with van der Waals surface area (Å²) in [5, 5.41) is 3.28. The molecule has 108 valence electrons. The molecule has 0 amide bonds. The maximum Gasteiger partial charge on any atom is 0.354 e. The number of esters is 1. The van der Waals surface area contributed by atoms with Gasteiger partial charge in [-0.25, -0.2) is 4.79 Å². The quantitative estimate of drug-likeness (QED) is 0.683. The minimum absolute atomic E-state index is 0.0560. The second-order valence-corrected chi connectivity index (χ2v) is 5.68. The normalized spacial score (nSPS) is 11.9. The number of hydrogen-bond donors (Lipinski definition) is 1. The number of carbonyl (C=O) groups is 2. The van der Waals surface area contributed by atoms with E-state index >= 15 is 0 Å². The second-order valence-electron chi connectivity index (χ2n) is 5.27. The second kappa shape index (κ2) is 6.57. The summed E-state index contributed by atoms with van der Waals surface area (Å²) in [4.78, 5) is 23.8. The molecule has 0 bridgehead atoms. The van der Waals surface area contributed by atoms with Crippen LogP contribution in [0.15, 0.2) is 36.0 Å². The van der Waals surface area contributed by atoms with Gasteiger partial charge in [0.15, 0.2) is 5.78 Å². The molecule has 0 saturated heterocycles. The number of nitrogens with one attached hydrogen (secondary N) is 1. The van der Waals surface area contributed by atoms with Crippen molar-refractivity contribution in [2.45, 2.75) is 20.8 Å². The van der Waals surface area contributed by atoms with Gasteiger partial charge in [-0.15, -0.1) is 0 Å². The number of ketones is 1. The molecule has 1 aromatic carbocycles. The summed E-state index contributed by atoms with van der Waals surface area (Å²) >= 11 is 6.02. The Labute approximate surface area is 123 Å². The molecule has 20 heavy (non-hydrogen) atoms. The zero-order valence-corrected chi connectivity index (χ0v) is 12.7. The van der Waals surface area contributed by atoms with Crippen LogP contribution in [-0.4, -0.2) is 18.9 Å². The van der Waals surface area contributed by atoms with Gasteiger partial charge in [0.25, 0.3) is 0 Å². The van der Waals surface area contributed by atoms with Gasteiger partial charge in [-0.3, -0.25) is 4.79 Å². The topological polar surface area (TPSA) is 55.4 Å². The van der Waals surface area contributed by atoms with Crippen LogP contribution in [0.1, 0.15) is 20.8 Å². The Bertz CT molecular complexity index is 544. The van der Waals surface area contributed by atoms with Gasteiger partial charge < -0.3 is 10.1 Å². The van der Waals surface area contributed by atoms with E-state index in [0.29, 0.717) is 10.7 Å². The molecular formula is C15H18ClNO3. The summed E-state index contributed by atoms with van der Waals surface area (Å²) in [6, 6.07) is 6.94. The molecule has 1 rings (SSSR count). The van der Waals surface area contributed by atoms with Crippen LogP contribution in [0.5, 0.6) is 0 Å². The Kier molecular flexibility index (Phi) is 5.34. The van der Waals surface area contributed by atoms with Crippen LogP contribution in [0.4, 0.5) is 5.69 Å². The van der Waals surface area contributed by atoms with Crippen molar-refractivity contribution < 1.29 is 14.3 Å². The van der Waals surface area contributed by atoms with Crippen LogP contribution in [0.2, 0.25) is 5.02 Å². The number of benzene rings is 1. The number of methoxy groups -OCH3 is 1. The van der Waals surface area contributed by atoms with Gasteiger partial charge >= 0.3 is 5.97 Å². The van der Waals surface area contributed by atoms with Crippen molar-refractivity contribution in [2.75, 3.05) is 12.4 Å². The molecule has 0 aromatic heterocycles. The van der Waals surface area contributed by atoms with Crippen molar-refractivity contribution >= 4 is 29.0 Å². The maximum absolute atomic E-state index is 12.0. The molecule has 1 N–H and O–H groups in total. The number of para-hydroxylation sites is 1. The largest absolute Gasteiger partial charge is 0.464 e. The van der Waals surface area contributed by atoms with Crippen LogP contribution in [0.3, 0.4) is 0 Å². The van der Waals surface area contributed by atoms with E-state index < -0.39 is 11.4 Å². The molecular weight excluding hydrogens is 278 g/mol. The van der Waals surface area contributed by atoms with E-state index in [0.717, 1.165) is 0 Å². The third kappa shape index (κ3) is 4.38. The molecule has 0 aliphatic carbocycles. The summed E-state index contributed by atoms with van der Waals surface area (Å²) in [6.45, 7) is 5.32. The molecule has 1 aromatic rings. The number of allylic oxidation sites excluding steroid dienone is 1. The number of rotatable bonds is 4. The summed E-state index contributed by atoms with van der Waals surface area (Å²) in [6.07, 6.45) is 1.25. The van der Waals surface area contributed by atoms with Gasteiger partial charge in [-0.1, -0.05) is 44.5 Å². The highest BCUT2D eigenvalue weighted by Crippen LogP contribution is 2.23. The molecule has 0 aliphatic rings. The number of hydrogen-bond acceptors (Lipinski definition) is 4. The van der Waals surface area contributed by atoms with E-state index in [9.17, 15) is 9.59 Å². The first-order valence-electron chi connectivity index (χ1n) is 6.11. The fourth-order valence-corrected chi connectivity index (χ4v) is 1.49. The van der Waals surface area contributed by atoms with Crippen molar-refractivity contribution in [2.24, 2.45) is 5.41 Å². The Balaban J connectivity index is 3.09. The molecule has 0 atom stereocenters. The molecule has 0 aliphatic heterocycles. The van der Waals surface area contributed by atoms with Gasteiger partial charge in [0.2, 0.25) is 0 Å². The van der Waals surface area contributed by atoms with Crippen LogP contribution < -0.4 is 5.32 Å². The van der Waals surface area contributed by atoms with Gasteiger partial charge in [0.05, 0.1) is 17.8 Å². The maximum atomic E-state index is 12.0. The summed E-state index contributed by atoms with van der Waals surface area (Å²) in [5.74, 6) is -0.806. The SMILES string of the molecule is COC(=O)C(=CC(=O)C(C)(C)C)Nc1ccccc1Cl. The van der Waals surface area contributed by atoms with Crippen molar-refractivity contribution in [3.05, 3.63) is 41.1 Å². The van der Waals surface area contributed by atoms with Crippen molar-refractivity contribution in [3.8, 4) is 0 Å². The highest BCUT2D eigenvalue weighted by Gasteiger charge is 2.22. The predicted octanol–water partition coefficient (Wildman–Crippen LogP) is 3.42. The molecule has 4 nitrogen and oxygen atoms in total. The minimum atomic E-state index is -0.623. The lowest BCUT2D eigenvalue weighted by Gasteiger charge is -2.16. The highest BCUT2D eigenvalue weighted by atomic mass is 35.5. The van der Waals surface area contributed by atoms with E-state index in [4.69, 9.17) is 11.6 Å². The summed E-state index contributed by atoms with van der Waals surface area (Å²) in [7, 11) is 1.26. The van der Waals surface area contributed by atoms with Crippen molar-refractivity contribution in [3.63, 3.8) is 0 Å². The third-order valence-electron chi connectivity index (χ3n) is 2.56. The van der Waals surface area contributed by atoms with Gasteiger partial charge in [-0.05, 0) is 12.1 Å². The first kappa shape index (κ1) is 16.2. The first-order chi connectivity index (χ1) is 9.25. The van der Waals surface area contributed by atoms with Crippen LogP contribution in [0, 0.1) is 5.41 Å². The molecule has 0 saturated carbocycles. The smallest absolute Gasteiger partial charge is 0.354 e. The number of anilines is 1. The van der Waals surface area contributed by atoms with Crippen molar-refractivity contribution in [1.29, 1.82) is 0 Å².